The maximum Gasteiger partial charge on any atom is 0.243 e. The molecule has 0 radical (unpaired) electrons. The average Bonchev–Trinajstić information content (AvgIpc) is 2.88. The van der Waals surface area contributed by atoms with Gasteiger partial charge in [-0.15, -0.1) is 11.8 Å². The number of hydrogen-bond donors (Lipinski definition) is 1. The lowest BCUT2D eigenvalue weighted by molar-refractivity contribution is -0.139. The Morgan fingerprint density at radius 2 is 1.61 bits per heavy atom. The highest BCUT2D eigenvalue weighted by Gasteiger charge is 2.31. The maximum atomic E-state index is 13.7. The van der Waals surface area contributed by atoms with Crippen LogP contribution in [-0.2, 0) is 22.6 Å². The van der Waals surface area contributed by atoms with Crippen LogP contribution in [0.2, 0.25) is 15.1 Å². The third-order valence-corrected chi connectivity index (χ3v) is 7.77. The molecule has 0 unspecified atom stereocenters. The van der Waals surface area contributed by atoms with Gasteiger partial charge in [-0.05, 0) is 60.9 Å². The molecule has 0 fully saturated rings. The van der Waals surface area contributed by atoms with Gasteiger partial charge in [-0.3, -0.25) is 9.59 Å². The Hall–Kier alpha value is -2.18. The summed E-state index contributed by atoms with van der Waals surface area (Å²) in [7, 11) is 0. The van der Waals surface area contributed by atoms with Crippen LogP contribution in [0.1, 0.15) is 31.4 Å². The molecule has 3 aromatic rings. The highest BCUT2D eigenvalue weighted by molar-refractivity contribution is 8.00. The summed E-state index contributed by atoms with van der Waals surface area (Å²) in [6, 6.07) is 21.6. The topological polar surface area (TPSA) is 49.4 Å². The molecule has 8 heteroatoms. The fourth-order valence-corrected chi connectivity index (χ4v) is 4.82. The van der Waals surface area contributed by atoms with Crippen molar-refractivity contribution in [2.45, 2.75) is 50.2 Å². The van der Waals surface area contributed by atoms with Gasteiger partial charge in [0.1, 0.15) is 6.04 Å². The second-order valence-electron chi connectivity index (χ2n) is 8.54. The molecule has 2 amide bonds. The SMILES string of the molecule is CC[C@H](C)NC(=O)[C@@H](Cc1ccccc1)N(Cc1ccc(Cl)c(Cl)c1)C(=O)CSc1ccc(Cl)cc1. The van der Waals surface area contributed by atoms with E-state index in [1.165, 1.54) is 11.8 Å². The summed E-state index contributed by atoms with van der Waals surface area (Å²) in [6.45, 7) is 4.19. The zero-order chi connectivity index (χ0) is 26.1. The van der Waals surface area contributed by atoms with Crippen LogP contribution in [0.5, 0.6) is 0 Å². The summed E-state index contributed by atoms with van der Waals surface area (Å²) in [5, 5.41) is 4.55. The van der Waals surface area contributed by atoms with Crippen LogP contribution in [0, 0.1) is 0 Å². The third-order valence-electron chi connectivity index (χ3n) is 5.79. The Kier molecular flexibility index (Phi) is 11.0. The van der Waals surface area contributed by atoms with Gasteiger partial charge in [0.2, 0.25) is 11.8 Å². The minimum absolute atomic E-state index is 0.0128. The number of halogens is 3. The Morgan fingerprint density at radius 3 is 2.25 bits per heavy atom. The minimum atomic E-state index is -0.700. The lowest BCUT2D eigenvalue weighted by Crippen LogP contribution is -2.52. The highest BCUT2D eigenvalue weighted by Crippen LogP contribution is 2.26. The molecule has 0 spiro atoms. The summed E-state index contributed by atoms with van der Waals surface area (Å²) < 4.78 is 0. The van der Waals surface area contributed by atoms with Crippen LogP contribution in [0.25, 0.3) is 0 Å². The second-order valence-corrected chi connectivity index (χ2v) is 10.8. The van der Waals surface area contributed by atoms with Gasteiger partial charge in [0.15, 0.2) is 0 Å². The molecule has 2 atom stereocenters. The summed E-state index contributed by atoms with van der Waals surface area (Å²) in [5.41, 5.74) is 1.77. The second kappa shape index (κ2) is 13.9. The van der Waals surface area contributed by atoms with E-state index in [0.717, 1.165) is 22.4 Å². The van der Waals surface area contributed by atoms with E-state index in [-0.39, 0.29) is 30.2 Å². The summed E-state index contributed by atoms with van der Waals surface area (Å²) in [4.78, 5) is 29.8. The molecular weight excluding hydrogens is 535 g/mol. The summed E-state index contributed by atoms with van der Waals surface area (Å²) >= 11 is 19.8. The van der Waals surface area contributed by atoms with Gasteiger partial charge in [0.05, 0.1) is 15.8 Å². The van der Waals surface area contributed by atoms with E-state index in [4.69, 9.17) is 34.8 Å². The van der Waals surface area contributed by atoms with Gasteiger partial charge in [0.25, 0.3) is 0 Å². The Balaban J connectivity index is 1.92. The molecular formula is C28H29Cl3N2O2S. The Morgan fingerprint density at radius 1 is 0.917 bits per heavy atom. The molecule has 0 saturated heterocycles. The fraction of sp³-hybridized carbons (Fsp3) is 0.286. The van der Waals surface area contributed by atoms with Crippen LogP contribution in [0.15, 0.2) is 77.7 Å². The predicted octanol–water partition coefficient (Wildman–Crippen LogP) is 7.29. The monoisotopic (exact) mass is 562 g/mol. The molecule has 3 aromatic carbocycles. The van der Waals surface area contributed by atoms with Crippen molar-refractivity contribution in [2.75, 3.05) is 5.75 Å². The first-order valence-electron chi connectivity index (χ1n) is 11.7. The molecule has 0 saturated carbocycles. The number of nitrogens with one attached hydrogen (secondary N) is 1. The highest BCUT2D eigenvalue weighted by atomic mass is 35.5. The van der Waals surface area contributed by atoms with Gasteiger partial charge >= 0.3 is 0 Å². The minimum Gasteiger partial charge on any atom is -0.352 e. The van der Waals surface area contributed by atoms with Crippen LogP contribution in [0.4, 0.5) is 0 Å². The number of thioether (sulfide) groups is 1. The van der Waals surface area contributed by atoms with Crippen molar-refractivity contribution < 1.29 is 9.59 Å². The van der Waals surface area contributed by atoms with Crippen molar-refractivity contribution in [3.05, 3.63) is 99.0 Å². The van der Waals surface area contributed by atoms with Gasteiger partial charge < -0.3 is 10.2 Å². The number of carbonyl (C=O) groups excluding carboxylic acids is 2. The maximum absolute atomic E-state index is 13.7. The average molecular weight is 564 g/mol. The van der Waals surface area contributed by atoms with Gasteiger partial charge in [-0.2, -0.15) is 0 Å². The van der Waals surface area contributed by atoms with Crippen molar-refractivity contribution in [1.29, 1.82) is 0 Å². The number of carbonyl (C=O) groups is 2. The van der Waals surface area contributed by atoms with Crippen molar-refractivity contribution >= 4 is 58.4 Å². The van der Waals surface area contributed by atoms with E-state index in [1.807, 2.05) is 62.4 Å². The molecule has 190 valence electrons. The number of hydrogen-bond acceptors (Lipinski definition) is 3. The van der Waals surface area contributed by atoms with E-state index < -0.39 is 6.04 Å². The predicted molar refractivity (Wildman–Crippen MR) is 151 cm³/mol. The molecule has 1 N–H and O–H groups in total. The first-order chi connectivity index (χ1) is 17.3. The molecule has 0 aliphatic heterocycles. The third kappa shape index (κ3) is 8.45. The van der Waals surface area contributed by atoms with Gasteiger partial charge in [0, 0.05) is 28.9 Å². The summed E-state index contributed by atoms with van der Waals surface area (Å²) in [5.74, 6) is -0.162. The first kappa shape index (κ1) is 28.4. The van der Waals surface area contributed by atoms with Crippen LogP contribution in [0.3, 0.4) is 0 Å². The van der Waals surface area contributed by atoms with E-state index in [0.29, 0.717) is 21.5 Å². The normalized spacial score (nSPS) is 12.6. The molecule has 0 bridgehead atoms. The molecule has 0 aromatic heterocycles. The number of nitrogens with zero attached hydrogens (tertiary/aromatic N) is 1. The molecule has 0 aliphatic rings. The van der Waals surface area contributed by atoms with Crippen molar-refractivity contribution in [3.8, 4) is 0 Å². The van der Waals surface area contributed by atoms with Crippen LogP contribution in [-0.4, -0.2) is 34.6 Å². The fourth-order valence-electron chi connectivity index (χ4n) is 3.59. The molecule has 0 heterocycles. The van der Waals surface area contributed by atoms with Crippen molar-refractivity contribution in [2.24, 2.45) is 0 Å². The van der Waals surface area contributed by atoms with E-state index in [2.05, 4.69) is 5.32 Å². The Labute approximate surface area is 232 Å². The molecule has 0 aliphatic carbocycles. The largest absolute Gasteiger partial charge is 0.352 e. The molecule has 3 rings (SSSR count). The first-order valence-corrected chi connectivity index (χ1v) is 13.8. The van der Waals surface area contributed by atoms with Crippen molar-refractivity contribution in [3.63, 3.8) is 0 Å². The summed E-state index contributed by atoms with van der Waals surface area (Å²) in [6.07, 6.45) is 1.18. The van der Waals surface area contributed by atoms with Crippen LogP contribution >= 0.6 is 46.6 Å². The zero-order valence-electron chi connectivity index (χ0n) is 20.2. The van der Waals surface area contributed by atoms with Crippen molar-refractivity contribution in [1.82, 2.24) is 10.2 Å². The molecule has 36 heavy (non-hydrogen) atoms. The van der Waals surface area contributed by atoms with Crippen LogP contribution < -0.4 is 5.32 Å². The standard InChI is InChI=1S/C28H29Cl3N2O2S/c1-3-19(2)32-28(35)26(16-20-7-5-4-6-8-20)33(17-21-9-14-24(30)25(31)15-21)27(34)18-36-23-12-10-22(29)11-13-23/h4-15,19,26H,3,16-18H2,1-2H3,(H,32,35)/t19-,26+/m0/s1. The zero-order valence-corrected chi connectivity index (χ0v) is 23.3. The number of rotatable bonds is 11. The van der Waals surface area contributed by atoms with Gasteiger partial charge in [-0.1, -0.05) is 78.1 Å². The van der Waals surface area contributed by atoms with E-state index in [9.17, 15) is 9.59 Å². The van der Waals surface area contributed by atoms with Gasteiger partial charge in [-0.25, -0.2) is 0 Å². The quantitative estimate of drug-likeness (QED) is 0.249. The lowest BCUT2D eigenvalue weighted by atomic mass is 10.0. The number of benzene rings is 3. The van der Waals surface area contributed by atoms with E-state index in [1.54, 1.807) is 29.2 Å². The smallest absolute Gasteiger partial charge is 0.243 e. The number of amides is 2. The Bertz CT molecular complexity index is 1160. The molecule has 4 nitrogen and oxygen atoms in total. The lowest BCUT2D eigenvalue weighted by Gasteiger charge is -2.32. The van der Waals surface area contributed by atoms with E-state index >= 15 is 0 Å².